The zero-order valence-corrected chi connectivity index (χ0v) is 8.46. The molecular weight excluding hydrogens is 258 g/mol. The molecule has 0 unspecified atom stereocenters. The maximum Gasteiger partial charge on any atom is 0.357 e. The van der Waals surface area contributed by atoms with Gasteiger partial charge in [0.1, 0.15) is 21.1 Å². The number of rotatable bonds is 1. The highest BCUT2D eigenvalue weighted by molar-refractivity contribution is 9.10. The van der Waals surface area contributed by atoms with Crippen LogP contribution >= 0.6 is 27.5 Å². The Balaban J connectivity index is 2.83. The van der Waals surface area contributed by atoms with Crippen LogP contribution in [-0.4, -0.2) is 25.4 Å². The molecule has 2 rings (SSSR count). The summed E-state index contributed by atoms with van der Waals surface area (Å²) >= 11 is 4.25. The zero-order valence-electron chi connectivity index (χ0n) is 6.06. The van der Waals surface area contributed by atoms with E-state index in [2.05, 4.69) is 30.3 Å². The third-order valence-corrected chi connectivity index (χ3v) is 3.12. The highest BCUT2D eigenvalue weighted by atomic mass is 79.9. The summed E-state index contributed by atoms with van der Waals surface area (Å²) in [5.41, 5.74) is 0.350. The van der Waals surface area contributed by atoms with E-state index in [0.717, 1.165) is 11.5 Å². The van der Waals surface area contributed by atoms with Crippen molar-refractivity contribution in [1.29, 1.82) is 0 Å². The fraction of sp³-hybridized carbons (Fsp3) is 0. The molecule has 0 aliphatic carbocycles. The van der Waals surface area contributed by atoms with Crippen molar-refractivity contribution in [3.8, 4) is 0 Å². The number of fused-ring (bicyclic) bond motifs is 1. The van der Waals surface area contributed by atoms with E-state index >= 15 is 0 Å². The van der Waals surface area contributed by atoms with Crippen LogP contribution in [0.2, 0.25) is 0 Å². The van der Waals surface area contributed by atoms with Crippen molar-refractivity contribution >= 4 is 43.6 Å². The number of aromatic nitrogens is 3. The fourth-order valence-corrected chi connectivity index (χ4v) is 2.08. The maximum atomic E-state index is 10.7. The van der Waals surface area contributed by atoms with Gasteiger partial charge in [-0.2, -0.15) is 4.37 Å². The lowest BCUT2D eigenvalue weighted by molar-refractivity contribution is 0.0694. The van der Waals surface area contributed by atoms with Crippen LogP contribution in [0.4, 0.5) is 0 Å². The van der Waals surface area contributed by atoms with E-state index < -0.39 is 5.97 Å². The minimum atomic E-state index is -1.07. The Kier molecular flexibility index (Phi) is 1.97. The number of carboxylic acids is 1. The van der Waals surface area contributed by atoms with Crippen molar-refractivity contribution < 1.29 is 9.90 Å². The topological polar surface area (TPSA) is 76.0 Å². The van der Waals surface area contributed by atoms with Crippen LogP contribution in [0, 0.1) is 0 Å². The molecule has 0 aromatic carbocycles. The molecule has 0 aliphatic rings. The molecule has 0 amide bonds. The van der Waals surface area contributed by atoms with Crippen LogP contribution in [0.1, 0.15) is 10.5 Å². The van der Waals surface area contributed by atoms with Gasteiger partial charge < -0.3 is 5.11 Å². The van der Waals surface area contributed by atoms with E-state index in [1.54, 1.807) is 0 Å². The second kappa shape index (κ2) is 3.00. The normalized spacial score (nSPS) is 10.5. The number of hydrogen-bond donors (Lipinski definition) is 1. The van der Waals surface area contributed by atoms with E-state index in [1.165, 1.54) is 6.33 Å². The Morgan fingerprint density at radius 3 is 3.00 bits per heavy atom. The van der Waals surface area contributed by atoms with Crippen LogP contribution in [0.5, 0.6) is 0 Å². The van der Waals surface area contributed by atoms with Gasteiger partial charge in [-0.3, -0.25) is 0 Å². The molecule has 2 aromatic heterocycles. The minimum absolute atomic E-state index is 0.0249. The Morgan fingerprint density at radius 1 is 1.54 bits per heavy atom. The first-order valence-electron chi connectivity index (χ1n) is 3.19. The average Bonchev–Trinajstić information content (AvgIpc) is 2.48. The first kappa shape index (κ1) is 8.52. The second-order valence-electron chi connectivity index (χ2n) is 2.18. The molecule has 7 heteroatoms. The van der Waals surface area contributed by atoms with Gasteiger partial charge in [0.15, 0.2) is 5.69 Å². The zero-order chi connectivity index (χ0) is 9.42. The Bertz CT molecular complexity index is 484. The van der Waals surface area contributed by atoms with Crippen LogP contribution in [-0.2, 0) is 0 Å². The van der Waals surface area contributed by atoms with E-state index in [4.69, 9.17) is 5.11 Å². The Hall–Kier alpha value is -1.08. The van der Waals surface area contributed by atoms with Crippen LogP contribution < -0.4 is 0 Å². The number of carbonyl (C=O) groups is 1. The molecule has 0 atom stereocenters. The van der Waals surface area contributed by atoms with Crippen LogP contribution in [0.15, 0.2) is 10.9 Å². The molecule has 2 aromatic rings. The van der Waals surface area contributed by atoms with Gasteiger partial charge in [0, 0.05) is 0 Å². The Labute approximate surface area is 84.7 Å². The predicted octanol–water partition coefficient (Wildman–Crippen LogP) is 1.55. The second-order valence-corrected chi connectivity index (χ2v) is 3.70. The highest BCUT2D eigenvalue weighted by Gasteiger charge is 2.15. The average molecular weight is 260 g/mol. The minimum Gasteiger partial charge on any atom is -0.476 e. The van der Waals surface area contributed by atoms with E-state index in [1.807, 2.05) is 0 Å². The summed E-state index contributed by atoms with van der Waals surface area (Å²) in [6.45, 7) is 0. The smallest absolute Gasteiger partial charge is 0.357 e. The SMILES string of the molecule is O=C(O)c1nsc2c(Br)ncnc12. The molecule has 0 aliphatic heterocycles. The summed E-state index contributed by atoms with van der Waals surface area (Å²) in [5, 5.41) is 8.73. The van der Waals surface area contributed by atoms with E-state index in [0.29, 0.717) is 14.8 Å². The van der Waals surface area contributed by atoms with Gasteiger partial charge in [0.2, 0.25) is 0 Å². The lowest BCUT2D eigenvalue weighted by Gasteiger charge is -1.90. The van der Waals surface area contributed by atoms with Crippen molar-refractivity contribution in [3.05, 3.63) is 16.6 Å². The molecule has 0 radical (unpaired) electrons. The van der Waals surface area contributed by atoms with Gasteiger partial charge in [-0.1, -0.05) is 0 Å². The largest absolute Gasteiger partial charge is 0.476 e. The molecule has 0 bridgehead atoms. The van der Waals surface area contributed by atoms with Crippen molar-refractivity contribution in [3.63, 3.8) is 0 Å². The number of aromatic carboxylic acids is 1. The predicted molar refractivity (Wildman–Crippen MR) is 49.9 cm³/mol. The van der Waals surface area contributed by atoms with Gasteiger partial charge in [0.25, 0.3) is 0 Å². The molecule has 0 spiro atoms. The number of hydrogen-bond acceptors (Lipinski definition) is 5. The van der Waals surface area contributed by atoms with E-state index in [-0.39, 0.29) is 5.69 Å². The monoisotopic (exact) mass is 259 g/mol. The van der Waals surface area contributed by atoms with Gasteiger partial charge in [0.05, 0.1) is 0 Å². The summed E-state index contributed by atoms with van der Waals surface area (Å²) in [4.78, 5) is 18.4. The molecular formula is C6H2BrN3O2S. The number of nitrogens with zero attached hydrogens (tertiary/aromatic N) is 3. The molecule has 0 fully saturated rings. The van der Waals surface area contributed by atoms with Gasteiger partial charge in [-0.05, 0) is 27.5 Å². The van der Waals surface area contributed by atoms with Gasteiger partial charge >= 0.3 is 5.97 Å². The fourth-order valence-electron chi connectivity index (χ4n) is 0.877. The first-order chi connectivity index (χ1) is 6.20. The molecule has 1 N–H and O–H groups in total. The van der Waals surface area contributed by atoms with Crippen molar-refractivity contribution in [2.45, 2.75) is 0 Å². The van der Waals surface area contributed by atoms with Gasteiger partial charge in [-0.25, -0.2) is 14.8 Å². The summed E-state index contributed by atoms with van der Waals surface area (Å²) in [7, 11) is 0. The molecule has 66 valence electrons. The van der Waals surface area contributed by atoms with Crippen LogP contribution in [0.25, 0.3) is 10.2 Å². The standard InChI is InChI=1S/C6H2BrN3O2S/c7-5-4-2(8-1-9-5)3(6(11)12)10-13-4/h1H,(H,11,12). The quantitative estimate of drug-likeness (QED) is 0.787. The third kappa shape index (κ3) is 1.29. The summed E-state index contributed by atoms with van der Waals surface area (Å²) in [5.74, 6) is -1.07. The maximum absolute atomic E-state index is 10.7. The van der Waals surface area contributed by atoms with Crippen LogP contribution in [0.3, 0.4) is 0 Å². The van der Waals surface area contributed by atoms with E-state index in [9.17, 15) is 4.79 Å². The summed E-state index contributed by atoms with van der Waals surface area (Å²) < 4.78 is 4.99. The van der Waals surface area contributed by atoms with Crippen molar-refractivity contribution in [2.24, 2.45) is 0 Å². The van der Waals surface area contributed by atoms with Crippen molar-refractivity contribution in [2.75, 3.05) is 0 Å². The number of carboxylic acid groups (broad SMARTS) is 1. The summed E-state index contributed by atoms with van der Waals surface area (Å²) in [6.07, 6.45) is 1.30. The molecule has 13 heavy (non-hydrogen) atoms. The lowest BCUT2D eigenvalue weighted by Crippen LogP contribution is -1.97. The summed E-state index contributed by atoms with van der Waals surface area (Å²) in [6, 6.07) is 0. The highest BCUT2D eigenvalue weighted by Crippen LogP contribution is 2.25. The molecule has 5 nitrogen and oxygen atoms in total. The third-order valence-electron chi connectivity index (χ3n) is 1.42. The first-order valence-corrected chi connectivity index (χ1v) is 4.76. The number of halogens is 1. The molecule has 0 saturated carbocycles. The molecule has 0 saturated heterocycles. The Morgan fingerprint density at radius 2 is 2.31 bits per heavy atom. The van der Waals surface area contributed by atoms with Gasteiger partial charge in [-0.15, -0.1) is 0 Å². The lowest BCUT2D eigenvalue weighted by atomic mass is 10.3. The van der Waals surface area contributed by atoms with Crippen molar-refractivity contribution in [1.82, 2.24) is 14.3 Å². The molecule has 2 heterocycles.